The quantitative estimate of drug-likeness (QED) is 0.657. The summed E-state index contributed by atoms with van der Waals surface area (Å²) in [5.74, 6) is 1.45. The molecule has 2 heterocycles. The molecular weight excluding hydrogens is 198 g/mol. The summed E-state index contributed by atoms with van der Waals surface area (Å²) < 4.78 is 5.10. The zero-order valence-corrected chi connectivity index (χ0v) is 9.44. The van der Waals surface area contributed by atoms with Crippen LogP contribution in [0.4, 0.5) is 0 Å². The van der Waals surface area contributed by atoms with Crippen molar-refractivity contribution in [2.24, 2.45) is 0 Å². The summed E-state index contributed by atoms with van der Waals surface area (Å²) in [4.78, 5) is 14.1. The lowest BCUT2D eigenvalue weighted by Crippen LogP contribution is -2.48. The van der Waals surface area contributed by atoms with Gasteiger partial charge in [-0.2, -0.15) is 0 Å². The van der Waals surface area contributed by atoms with E-state index < -0.39 is 0 Å². The van der Waals surface area contributed by atoms with Gasteiger partial charge in [-0.3, -0.25) is 4.79 Å². The fourth-order valence-corrected chi connectivity index (χ4v) is 3.33. The van der Waals surface area contributed by atoms with Gasteiger partial charge in [-0.05, 0) is 25.5 Å². The van der Waals surface area contributed by atoms with Crippen molar-refractivity contribution < 1.29 is 9.53 Å². The van der Waals surface area contributed by atoms with Gasteiger partial charge in [0.2, 0.25) is 5.91 Å². The largest absolute Gasteiger partial charge is 0.378 e. The Kier molecular flexibility index (Phi) is 3.02. The lowest BCUT2D eigenvalue weighted by atomic mass is 10.0. The van der Waals surface area contributed by atoms with E-state index in [1.165, 1.54) is 6.42 Å². The Bertz CT molecular complexity index is 220. The number of rotatable bonds is 1. The van der Waals surface area contributed by atoms with Gasteiger partial charge in [0.15, 0.2) is 0 Å². The first-order valence-electron chi connectivity index (χ1n) is 5.23. The topological polar surface area (TPSA) is 29.5 Å². The molecule has 3 nitrogen and oxygen atoms in total. The fourth-order valence-electron chi connectivity index (χ4n) is 2.05. The fraction of sp³-hybridized carbons (Fsp3) is 0.900. The third-order valence-corrected chi connectivity index (χ3v) is 4.48. The van der Waals surface area contributed by atoms with Crippen molar-refractivity contribution in [1.29, 1.82) is 0 Å². The molecule has 80 valence electrons. The smallest absolute Gasteiger partial charge is 0.238 e. The number of morpholine rings is 1. The van der Waals surface area contributed by atoms with Gasteiger partial charge in [0.1, 0.15) is 0 Å². The van der Waals surface area contributed by atoms with Gasteiger partial charge in [0, 0.05) is 13.1 Å². The van der Waals surface area contributed by atoms with E-state index in [1.807, 2.05) is 16.7 Å². The van der Waals surface area contributed by atoms with E-state index in [2.05, 4.69) is 6.92 Å². The lowest BCUT2D eigenvalue weighted by molar-refractivity contribution is -0.137. The number of carbonyl (C=O) groups excluding carboxylic acids is 1. The van der Waals surface area contributed by atoms with Crippen molar-refractivity contribution in [2.75, 3.05) is 32.1 Å². The van der Waals surface area contributed by atoms with Crippen molar-refractivity contribution in [2.45, 2.75) is 24.5 Å². The van der Waals surface area contributed by atoms with Crippen LogP contribution in [0.2, 0.25) is 0 Å². The molecule has 2 aliphatic rings. The number of hydrogen-bond acceptors (Lipinski definition) is 3. The summed E-state index contributed by atoms with van der Waals surface area (Å²) in [7, 11) is 0. The highest BCUT2D eigenvalue weighted by Gasteiger charge is 2.40. The molecule has 4 heteroatoms. The summed E-state index contributed by atoms with van der Waals surface area (Å²) in [5.41, 5.74) is 0. The maximum atomic E-state index is 12.2. The molecule has 2 aliphatic heterocycles. The minimum atomic E-state index is -0.142. The number of carbonyl (C=O) groups is 1. The molecule has 2 fully saturated rings. The third kappa shape index (κ3) is 1.91. The average molecular weight is 215 g/mol. The second kappa shape index (κ2) is 4.11. The van der Waals surface area contributed by atoms with Crippen LogP contribution in [0.5, 0.6) is 0 Å². The van der Waals surface area contributed by atoms with Crippen molar-refractivity contribution >= 4 is 17.7 Å². The Morgan fingerprint density at radius 3 is 2.71 bits per heavy atom. The molecule has 0 aliphatic carbocycles. The Morgan fingerprint density at radius 1 is 1.43 bits per heavy atom. The van der Waals surface area contributed by atoms with Crippen LogP contribution in [0.25, 0.3) is 0 Å². The first kappa shape index (κ1) is 10.3. The summed E-state index contributed by atoms with van der Waals surface area (Å²) in [5, 5.41) is 0. The molecule has 1 amide bonds. The molecule has 0 N–H and O–H groups in total. The van der Waals surface area contributed by atoms with Crippen LogP contribution in [-0.2, 0) is 9.53 Å². The van der Waals surface area contributed by atoms with E-state index >= 15 is 0 Å². The molecule has 2 saturated heterocycles. The van der Waals surface area contributed by atoms with Crippen LogP contribution in [0.15, 0.2) is 0 Å². The molecule has 0 spiro atoms. The normalized spacial score (nSPS) is 33.4. The van der Waals surface area contributed by atoms with Crippen LogP contribution >= 0.6 is 11.8 Å². The molecule has 14 heavy (non-hydrogen) atoms. The van der Waals surface area contributed by atoms with Gasteiger partial charge in [0.05, 0.1) is 18.0 Å². The maximum Gasteiger partial charge on any atom is 0.238 e. The summed E-state index contributed by atoms with van der Waals surface area (Å²) >= 11 is 1.81. The van der Waals surface area contributed by atoms with Gasteiger partial charge in [-0.1, -0.05) is 0 Å². The Hall–Kier alpha value is -0.220. The van der Waals surface area contributed by atoms with Crippen LogP contribution in [0, 0.1) is 0 Å². The van der Waals surface area contributed by atoms with Gasteiger partial charge in [-0.15, -0.1) is 11.8 Å². The first-order chi connectivity index (χ1) is 6.72. The van der Waals surface area contributed by atoms with Gasteiger partial charge in [0.25, 0.3) is 0 Å². The molecule has 0 saturated carbocycles. The first-order valence-corrected chi connectivity index (χ1v) is 6.22. The molecule has 1 unspecified atom stereocenters. The number of hydrogen-bond donors (Lipinski definition) is 0. The molecule has 2 rings (SSSR count). The van der Waals surface area contributed by atoms with Crippen LogP contribution in [0.3, 0.4) is 0 Å². The van der Waals surface area contributed by atoms with Crippen molar-refractivity contribution in [1.82, 2.24) is 4.90 Å². The van der Waals surface area contributed by atoms with E-state index in [1.54, 1.807) is 0 Å². The molecular formula is C10H17NO2S. The van der Waals surface area contributed by atoms with Gasteiger partial charge in [-0.25, -0.2) is 0 Å². The monoisotopic (exact) mass is 215 g/mol. The van der Waals surface area contributed by atoms with E-state index in [0.717, 1.165) is 25.3 Å². The zero-order chi connectivity index (χ0) is 10.0. The molecule has 0 aromatic carbocycles. The number of amides is 1. The summed E-state index contributed by atoms with van der Waals surface area (Å²) in [6, 6.07) is 0. The summed E-state index contributed by atoms with van der Waals surface area (Å²) in [6.07, 6.45) is 2.21. The van der Waals surface area contributed by atoms with E-state index in [9.17, 15) is 4.79 Å². The van der Waals surface area contributed by atoms with E-state index in [4.69, 9.17) is 4.74 Å². The highest BCUT2D eigenvalue weighted by molar-refractivity contribution is 8.01. The predicted octanol–water partition coefficient (Wildman–Crippen LogP) is 1.13. The summed E-state index contributed by atoms with van der Waals surface area (Å²) in [6.45, 7) is 5.03. The number of thioether (sulfide) groups is 1. The predicted molar refractivity (Wildman–Crippen MR) is 57.5 cm³/mol. The van der Waals surface area contributed by atoms with Crippen LogP contribution in [-0.4, -0.2) is 47.6 Å². The third-order valence-electron chi connectivity index (χ3n) is 2.97. The van der Waals surface area contributed by atoms with Crippen LogP contribution < -0.4 is 0 Å². The van der Waals surface area contributed by atoms with Gasteiger partial charge < -0.3 is 9.64 Å². The molecule has 0 radical (unpaired) electrons. The SMILES string of the molecule is CC1(C(=O)N2CCOCC2)CCCS1. The van der Waals surface area contributed by atoms with Gasteiger partial charge >= 0.3 is 0 Å². The highest BCUT2D eigenvalue weighted by atomic mass is 32.2. The Morgan fingerprint density at radius 2 is 2.14 bits per heavy atom. The average Bonchev–Trinajstić information content (AvgIpc) is 2.67. The van der Waals surface area contributed by atoms with Crippen molar-refractivity contribution in [3.8, 4) is 0 Å². The second-order valence-corrected chi connectivity index (χ2v) is 5.69. The zero-order valence-electron chi connectivity index (χ0n) is 8.62. The number of ether oxygens (including phenoxy) is 1. The number of nitrogens with zero attached hydrogens (tertiary/aromatic N) is 1. The minimum Gasteiger partial charge on any atom is -0.378 e. The van der Waals surface area contributed by atoms with Crippen LogP contribution in [0.1, 0.15) is 19.8 Å². The lowest BCUT2D eigenvalue weighted by Gasteiger charge is -2.33. The van der Waals surface area contributed by atoms with E-state index in [0.29, 0.717) is 19.1 Å². The van der Waals surface area contributed by atoms with Crippen molar-refractivity contribution in [3.63, 3.8) is 0 Å². The van der Waals surface area contributed by atoms with E-state index in [-0.39, 0.29) is 4.75 Å². The molecule has 1 atom stereocenters. The Balaban J connectivity index is 1.98. The molecule has 0 aromatic heterocycles. The molecule has 0 aromatic rings. The minimum absolute atomic E-state index is 0.142. The Labute approximate surface area is 89.2 Å². The maximum absolute atomic E-state index is 12.2. The standard InChI is InChI=1S/C10H17NO2S/c1-10(3-2-8-14-10)9(12)11-4-6-13-7-5-11/h2-8H2,1H3. The highest BCUT2D eigenvalue weighted by Crippen LogP contribution is 2.39. The molecule has 0 bridgehead atoms. The van der Waals surface area contributed by atoms with Crippen molar-refractivity contribution in [3.05, 3.63) is 0 Å². The second-order valence-electron chi connectivity index (χ2n) is 4.09.